The van der Waals surface area contributed by atoms with Crippen LogP contribution in [0.1, 0.15) is 65.5 Å². The van der Waals surface area contributed by atoms with Crippen molar-refractivity contribution >= 4 is 23.8 Å². The zero-order valence-electron chi connectivity index (χ0n) is 24.7. The standard InChI is InChI=1S/C31H46N4O4S/c1-30(2,3)34-28(37)26-18-24(40-21-23-13-10-15-32-19-23)14-16-35(26)20-27(36)25(17-22-11-8-7-9-12-22)33-29(38)39-31(4,5)6/h7-13,15,19,24-27,36H,14,16-18,20-21H2,1-6H3,(H,33,38)(H,34,37)/t24-,25+,26+,27-/m1/s1. The Kier molecular flexibility index (Phi) is 11.4. The Bertz CT molecular complexity index is 1070. The van der Waals surface area contributed by atoms with Crippen molar-refractivity contribution in [1.82, 2.24) is 20.5 Å². The highest BCUT2D eigenvalue weighted by Crippen LogP contribution is 2.30. The van der Waals surface area contributed by atoms with Crippen LogP contribution in [0.15, 0.2) is 54.9 Å². The van der Waals surface area contributed by atoms with Gasteiger partial charge in [-0.15, -0.1) is 0 Å². The number of thioether (sulfide) groups is 1. The van der Waals surface area contributed by atoms with Crippen LogP contribution in [0.4, 0.5) is 4.79 Å². The molecule has 0 radical (unpaired) electrons. The third-order valence-corrected chi connectivity index (χ3v) is 7.96. The Hall–Kier alpha value is -2.62. The van der Waals surface area contributed by atoms with Gasteiger partial charge in [0.05, 0.1) is 18.2 Å². The van der Waals surface area contributed by atoms with Gasteiger partial charge in [-0.05, 0) is 78.0 Å². The van der Waals surface area contributed by atoms with Crippen LogP contribution in [0.2, 0.25) is 0 Å². The number of likely N-dealkylation sites (tertiary alicyclic amines) is 1. The molecule has 4 atom stereocenters. The fraction of sp³-hybridized carbons (Fsp3) is 0.581. The van der Waals surface area contributed by atoms with Gasteiger partial charge in [0.25, 0.3) is 0 Å². The van der Waals surface area contributed by atoms with Crippen molar-refractivity contribution in [3.63, 3.8) is 0 Å². The first kappa shape index (κ1) is 31.9. The van der Waals surface area contributed by atoms with Crippen LogP contribution in [-0.4, -0.2) is 74.7 Å². The molecule has 1 fully saturated rings. The number of β-amino-alcohol motifs (C(OH)–C–C–N with tert-alkyl or cyclic N) is 1. The molecule has 9 heteroatoms. The highest BCUT2D eigenvalue weighted by molar-refractivity contribution is 7.99. The maximum absolute atomic E-state index is 13.5. The molecule has 0 spiro atoms. The highest BCUT2D eigenvalue weighted by Gasteiger charge is 2.37. The van der Waals surface area contributed by atoms with E-state index in [-0.39, 0.29) is 24.0 Å². The van der Waals surface area contributed by atoms with Crippen molar-refractivity contribution in [2.24, 2.45) is 0 Å². The number of benzene rings is 1. The van der Waals surface area contributed by atoms with Gasteiger partial charge >= 0.3 is 6.09 Å². The minimum Gasteiger partial charge on any atom is -0.444 e. The Labute approximate surface area is 243 Å². The number of aliphatic hydroxyl groups is 1. The lowest BCUT2D eigenvalue weighted by Gasteiger charge is -2.41. The summed E-state index contributed by atoms with van der Waals surface area (Å²) in [6.07, 6.45) is 4.21. The van der Waals surface area contributed by atoms with Gasteiger partial charge in [-0.3, -0.25) is 14.7 Å². The Morgan fingerprint density at radius 1 is 1.10 bits per heavy atom. The minimum atomic E-state index is -0.905. The van der Waals surface area contributed by atoms with Gasteiger partial charge in [0.15, 0.2) is 0 Å². The molecule has 220 valence electrons. The molecule has 1 aromatic carbocycles. The van der Waals surface area contributed by atoms with Crippen molar-refractivity contribution < 1.29 is 19.4 Å². The molecule has 2 heterocycles. The molecule has 0 aliphatic carbocycles. The topological polar surface area (TPSA) is 104 Å². The molecule has 1 aromatic heterocycles. The van der Waals surface area contributed by atoms with E-state index >= 15 is 0 Å². The zero-order chi connectivity index (χ0) is 29.3. The van der Waals surface area contributed by atoms with E-state index in [1.165, 1.54) is 0 Å². The maximum Gasteiger partial charge on any atom is 0.407 e. The first-order valence-corrected chi connectivity index (χ1v) is 15.1. The summed E-state index contributed by atoms with van der Waals surface area (Å²) in [5, 5.41) is 17.8. The third kappa shape index (κ3) is 11.1. The summed E-state index contributed by atoms with van der Waals surface area (Å²) in [4.78, 5) is 32.4. The molecule has 1 saturated heterocycles. The van der Waals surface area contributed by atoms with E-state index in [1.54, 1.807) is 6.20 Å². The molecule has 1 aliphatic heterocycles. The van der Waals surface area contributed by atoms with Gasteiger partial charge in [0.2, 0.25) is 5.91 Å². The summed E-state index contributed by atoms with van der Waals surface area (Å²) in [6.45, 7) is 12.3. The second kappa shape index (κ2) is 14.3. The number of aliphatic hydroxyl groups excluding tert-OH is 1. The number of pyridine rings is 1. The van der Waals surface area contributed by atoms with Crippen molar-refractivity contribution in [3.8, 4) is 0 Å². The van der Waals surface area contributed by atoms with Crippen LogP contribution < -0.4 is 10.6 Å². The van der Waals surface area contributed by atoms with Gasteiger partial charge in [0.1, 0.15) is 5.60 Å². The molecule has 2 amide bonds. The molecule has 0 bridgehead atoms. The number of hydrogen-bond donors (Lipinski definition) is 3. The lowest BCUT2D eigenvalue weighted by Crippen LogP contribution is -2.59. The predicted molar refractivity (Wildman–Crippen MR) is 161 cm³/mol. The minimum absolute atomic E-state index is 0.0360. The molecule has 3 rings (SSSR count). The van der Waals surface area contributed by atoms with Gasteiger partial charge in [-0.25, -0.2) is 4.79 Å². The first-order chi connectivity index (χ1) is 18.8. The van der Waals surface area contributed by atoms with Crippen LogP contribution in [-0.2, 0) is 21.7 Å². The van der Waals surface area contributed by atoms with E-state index < -0.39 is 23.8 Å². The normalized spacial score (nSPS) is 19.9. The number of rotatable bonds is 10. The van der Waals surface area contributed by atoms with Gasteiger partial charge in [-0.2, -0.15) is 11.8 Å². The molecule has 3 N–H and O–H groups in total. The van der Waals surface area contributed by atoms with E-state index in [0.717, 1.165) is 23.3 Å². The predicted octanol–water partition coefficient (Wildman–Crippen LogP) is 4.56. The average molecular weight is 571 g/mol. The maximum atomic E-state index is 13.5. The number of piperidine rings is 1. The van der Waals surface area contributed by atoms with Crippen molar-refractivity contribution in [2.75, 3.05) is 13.1 Å². The number of carbonyl (C=O) groups is 2. The Morgan fingerprint density at radius 3 is 2.42 bits per heavy atom. The smallest absolute Gasteiger partial charge is 0.407 e. The number of nitrogens with one attached hydrogen (secondary N) is 2. The molecule has 1 aliphatic rings. The summed E-state index contributed by atoms with van der Waals surface area (Å²) < 4.78 is 5.49. The van der Waals surface area contributed by atoms with Gasteiger partial charge in [0, 0.05) is 42.0 Å². The molecular formula is C31H46N4O4S. The van der Waals surface area contributed by atoms with Crippen molar-refractivity contribution in [1.29, 1.82) is 0 Å². The SMILES string of the molecule is CC(C)(C)NC(=O)[C@@H]1C[C@H](SCc2cccnc2)CCN1C[C@@H](O)[C@H](Cc1ccccc1)NC(=O)OC(C)(C)C. The largest absolute Gasteiger partial charge is 0.444 e. The fourth-order valence-electron chi connectivity index (χ4n) is 4.75. The summed E-state index contributed by atoms with van der Waals surface area (Å²) >= 11 is 1.85. The van der Waals surface area contributed by atoms with Crippen LogP contribution in [0.25, 0.3) is 0 Å². The number of amides is 2. The molecule has 8 nitrogen and oxygen atoms in total. The highest BCUT2D eigenvalue weighted by atomic mass is 32.2. The van der Waals surface area contributed by atoms with Gasteiger partial charge in [-0.1, -0.05) is 36.4 Å². The van der Waals surface area contributed by atoms with Crippen LogP contribution in [0, 0.1) is 0 Å². The Balaban J connectivity index is 1.73. The lowest BCUT2D eigenvalue weighted by molar-refractivity contribution is -0.129. The lowest BCUT2D eigenvalue weighted by atomic mass is 9.96. The molecule has 0 unspecified atom stereocenters. The monoisotopic (exact) mass is 570 g/mol. The third-order valence-electron chi connectivity index (χ3n) is 6.56. The quantitative estimate of drug-likeness (QED) is 0.385. The molecule has 2 aromatic rings. The average Bonchev–Trinajstić information content (AvgIpc) is 2.86. The van der Waals surface area contributed by atoms with E-state index in [2.05, 4.69) is 26.6 Å². The van der Waals surface area contributed by atoms with Crippen molar-refractivity contribution in [3.05, 3.63) is 66.0 Å². The molecular weight excluding hydrogens is 524 g/mol. The summed E-state index contributed by atoms with van der Waals surface area (Å²) in [5.74, 6) is 0.805. The Morgan fingerprint density at radius 2 is 1.80 bits per heavy atom. The fourth-order valence-corrected chi connectivity index (χ4v) is 5.94. The van der Waals surface area contributed by atoms with Crippen LogP contribution in [0.5, 0.6) is 0 Å². The zero-order valence-corrected chi connectivity index (χ0v) is 25.5. The van der Waals surface area contributed by atoms with E-state index in [1.807, 2.05) is 95.9 Å². The number of alkyl carbamates (subject to hydrolysis) is 1. The van der Waals surface area contributed by atoms with Crippen LogP contribution >= 0.6 is 11.8 Å². The second-order valence-electron chi connectivity index (χ2n) is 12.6. The second-order valence-corrected chi connectivity index (χ2v) is 13.9. The number of hydrogen-bond acceptors (Lipinski definition) is 7. The molecule has 0 saturated carbocycles. The first-order valence-electron chi connectivity index (χ1n) is 14.1. The summed E-state index contributed by atoms with van der Waals surface area (Å²) in [6, 6.07) is 12.8. The number of carbonyl (C=O) groups excluding carboxylic acids is 2. The van der Waals surface area contributed by atoms with Crippen molar-refractivity contribution in [2.45, 2.75) is 101 Å². The number of ether oxygens (including phenoxy) is 1. The molecule has 40 heavy (non-hydrogen) atoms. The van der Waals surface area contributed by atoms with E-state index in [0.29, 0.717) is 24.6 Å². The number of nitrogens with zero attached hydrogens (tertiary/aromatic N) is 2. The summed E-state index contributed by atoms with van der Waals surface area (Å²) in [5.41, 5.74) is 1.14. The van der Waals surface area contributed by atoms with E-state index in [4.69, 9.17) is 4.74 Å². The van der Waals surface area contributed by atoms with E-state index in [9.17, 15) is 14.7 Å². The van der Waals surface area contributed by atoms with Crippen LogP contribution in [0.3, 0.4) is 0 Å². The summed E-state index contributed by atoms with van der Waals surface area (Å²) in [7, 11) is 0. The number of aromatic nitrogens is 1. The van der Waals surface area contributed by atoms with Gasteiger partial charge < -0.3 is 20.5 Å².